The highest BCUT2D eigenvalue weighted by atomic mass is 16.5. The van der Waals surface area contributed by atoms with Crippen LogP contribution in [0, 0.1) is 0 Å². The fraction of sp³-hybridized carbons (Fsp3) is 0.600. The molecule has 0 bridgehead atoms. The normalized spacial score (nSPS) is 14.6. The summed E-state index contributed by atoms with van der Waals surface area (Å²) in [5.74, 6) is 0.979. The number of para-hydroxylation sites is 1. The second kappa shape index (κ2) is 7.39. The van der Waals surface area contributed by atoms with Crippen LogP contribution in [0.2, 0.25) is 0 Å². The Morgan fingerprint density at radius 3 is 2.50 bits per heavy atom. The van der Waals surface area contributed by atoms with Gasteiger partial charge in [0.05, 0.1) is 7.11 Å². The summed E-state index contributed by atoms with van der Waals surface area (Å²) in [5.41, 5.74) is 1.26. The lowest BCUT2D eigenvalue weighted by atomic mass is 10.1. The predicted molar refractivity (Wildman–Crippen MR) is 77.3 cm³/mol. The summed E-state index contributed by atoms with van der Waals surface area (Å²) in [4.78, 5) is 2.23. The van der Waals surface area contributed by atoms with Crippen molar-refractivity contribution in [3.05, 3.63) is 29.8 Å². The van der Waals surface area contributed by atoms with E-state index in [1.54, 1.807) is 7.11 Å². The first-order valence-electron chi connectivity index (χ1n) is 6.56. The molecule has 0 radical (unpaired) electrons. The molecular formula is C15H26N2O. The van der Waals surface area contributed by atoms with Gasteiger partial charge in [-0.2, -0.15) is 0 Å². The molecule has 0 saturated heterocycles. The third-order valence-electron chi connectivity index (χ3n) is 3.36. The summed E-state index contributed by atoms with van der Waals surface area (Å²) in [6.07, 6.45) is 0.990. The van der Waals surface area contributed by atoms with Gasteiger partial charge < -0.3 is 15.0 Å². The highest BCUT2D eigenvalue weighted by Gasteiger charge is 2.10. The van der Waals surface area contributed by atoms with Crippen LogP contribution in [-0.4, -0.2) is 44.7 Å². The molecule has 0 saturated carbocycles. The van der Waals surface area contributed by atoms with Crippen LogP contribution in [0.25, 0.3) is 0 Å². The van der Waals surface area contributed by atoms with Gasteiger partial charge in [-0.15, -0.1) is 0 Å². The molecule has 3 nitrogen and oxygen atoms in total. The molecule has 0 spiro atoms. The maximum Gasteiger partial charge on any atom is 0.122 e. The zero-order valence-corrected chi connectivity index (χ0v) is 12.2. The quantitative estimate of drug-likeness (QED) is 0.802. The van der Waals surface area contributed by atoms with E-state index in [0.717, 1.165) is 18.7 Å². The first-order chi connectivity index (χ1) is 8.54. The molecule has 0 fully saturated rings. The van der Waals surface area contributed by atoms with Crippen molar-refractivity contribution in [1.82, 2.24) is 10.2 Å². The minimum Gasteiger partial charge on any atom is -0.496 e. The highest BCUT2D eigenvalue weighted by Crippen LogP contribution is 2.18. The van der Waals surface area contributed by atoms with E-state index in [-0.39, 0.29) is 0 Å². The van der Waals surface area contributed by atoms with E-state index in [2.05, 4.69) is 50.3 Å². The standard InChI is InChI=1S/C15H26N2O/c1-12(16-11-13(2)17(3)4)10-14-8-6-7-9-15(14)18-5/h6-9,12-13,16H,10-11H2,1-5H3. The summed E-state index contributed by atoms with van der Waals surface area (Å²) < 4.78 is 5.37. The number of hydrogen-bond donors (Lipinski definition) is 1. The van der Waals surface area contributed by atoms with E-state index in [4.69, 9.17) is 4.74 Å². The molecule has 1 N–H and O–H groups in total. The first kappa shape index (κ1) is 15.0. The number of likely N-dealkylation sites (N-methyl/N-ethyl adjacent to an activating group) is 1. The van der Waals surface area contributed by atoms with E-state index in [1.807, 2.05) is 12.1 Å². The van der Waals surface area contributed by atoms with Gasteiger partial charge >= 0.3 is 0 Å². The third kappa shape index (κ3) is 4.67. The summed E-state index contributed by atoms with van der Waals surface area (Å²) in [5, 5.41) is 3.57. The van der Waals surface area contributed by atoms with Gasteiger partial charge in [-0.25, -0.2) is 0 Å². The van der Waals surface area contributed by atoms with Crippen LogP contribution in [0.5, 0.6) is 5.75 Å². The topological polar surface area (TPSA) is 24.5 Å². The zero-order valence-electron chi connectivity index (χ0n) is 12.2. The summed E-state index contributed by atoms with van der Waals surface area (Å²) in [6.45, 7) is 5.45. The molecule has 3 heteroatoms. The van der Waals surface area contributed by atoms with E-state index in [1.165, 1.54) is 5.56 Å². The van der Waals surface area contributed by atoms with E-state index >= 15 is 0 Å². The molecule has 1 aromatic rings. The van der Waals surface area contributed by atoms with Crippen molar-refractivity contribution < 1.29 is 4.74 Å². The van der Waals surface area contributed by atoms with Crippen LogP contribution in [0.1, 0.15) is 19.4 Å². The van der Waals surface area contributed by atoms with Crippen LogP contribution in [0.4, 0.5) is 0 Å². The Morgan fingerprint density at radius 2 is 1.89 bits per heavy atom. The lowest BCUT2D eigenvalue weighted by Crippen LogP contribution is -2.40. The van der Waals surface area contributed by atoms with Crippen molar-refractivity contribution in [2.24, 2.45) is 0 Å². The molecule has 1 rings (SSSR count). The lowest BCUT2D eigenvalue weighted by Gasteiger charge is -2.23. The number of rotatable bonds is 7. The summed E-state index contributed by atoms with van der Waals surface area (Å²) in [7, 11) is 5.94. The van der Waals surface area contributed by atoms with Crippen molar-refractivity contribution in [3.63, 3.8) is 0 Å². The Kier molecular flexibility index (Phi) is 6.16. The second-order valence-corrected chi connectivity index (χ2v) is 5.14. The van der Waals surface area contributed by atoms with Gasteiger partial charge in [-0.1, -0.05) is 18.2 Å². The molecule has 18 heavy (non-hydrogen) atoms. The molecule has 0 amide bonds. The molecule has 0 aromatic heterocycles. The van der Waals surface area contributed by atoms with Gasteiger partial charge in [0.2, 0.25) is 0 Å². The SMILES string of the molecule is COc1ccccc1CC(C)NCC(C)N(C)C. The van der Waals surface area contributed by atoms with Crippen molar-refractivity contribution in [1.29, 1.82) is 0 Å². The largest absolute Gasteiger partial charge is 0.496 e. The van der Waals surface area contributed by atoms with Crippen LogP contribution in [0.3, 0.4) is 0 Å². The number of nitrogens with zero attached hydrogens (tertiary/aromatic N) is 1. The number of ether oxygens (including phenoxy) is 1. The van der Waals surface area contributed by atoms with Crippen molar-refractivity contribution in [2.45, 2.75) is 32.4 Å². The van der Waals surface area contributed by atoms with Gasteiger partial charge in [0.25, 0.3) is 0 Å². The molecule has 1 aromatic carbocycles. The van der Waals surface area contributed by atoms with Gasteiger partial charge in [-0.05, 0) is 46.0 Å². The van der Waals surface area contributed by atoms with Gasteiger partial charge in [-0.3, -0.25) is 0 Å². The van der Waals surface area contributed by atoms with E-state index in [9.17, 15) is 0 Å². The second-order valence-electron chi connectivity index (χ2n) is 5.14. The van der Waals surface area contributed by atoms with Crippen LogP contribution in [-0.2, 0) is 6.42 Å². The van der Waals surface area contributed by atoms with Crippen molar-refractivity contribution in [3.8, 4) is 5.75 Å². The molecule has 0 aliphatic heterocycles. The van der Waals surface area contributed by atoms with Crippen molar-refractivity contribution in [2.75, 3.05) is 27.7 Å². The predicted octanol–water partition coefficient (Wildman–Crippen LogP) is 2.17. The fourth-order valence-electron chi connectivity index (χ4n) is 1.83. The minimum atomic E-state index is 0.448. The molecule has 0 aliphatic rings. The lowest BCUT2D eigenvalue weighted by molar-refractivity contribution is 0.294. The molecular weight excluding hydrogens is 224 g/mol. The van der Waals surface area contributed by atoms with Crippen LogP contribution in [0.15, 0.2) is 24.3 Å². The fourth-order valence-corrected chi connectivity index (χ4v) is 1.83. The summed E-state index contributed by atoms with van der Waals surface area (Å²) in [6, 6.07) is 9.21. The maximum absolute atomic E-state index is 5.37. The monoisotopic (exact) mass is 250 g/mol. The van der Waals surface area contributed by atoms with E-state index in [0.29, 0.717) is 12.1 Å². The maximum atomic E-state index is 5.37. The Balaban J connectivity index is 2.46. The summed E-state index contributed by atoms with van der Waals surface area (Å²) >= 11 is 0. The zero-order chi connectivity index (χ0) is 13.5. The first-order valence-corrected chi connectivity index (χ1v) is 6.56. The number of benzene rings is 1. The molecule has 0 heterocycles. The highest BCUT2D eigenvalue weighted by molar-refractivity contribution is 5.33. The van der Waals surface area contributed by atoms with Crippen molar-refractivity contribution >= 4 is 0 Å². The average Bonchev–Trinajstić information content (AvgIpc) is 2.36. The number of hydrogen-bond acceptors (Lipinski definition) is 3. The Labute approximate surface area is 111 Å². The van der Waals surface area contributed by atoms with Gasteiger partial charge in [0.1, 0.15) is 5.75 Å². The van der Waals surface area contributed by atoms with Gasteiger partial charge in [0.15, 0.2) is 0 Å². The molecule has 2 unspecified atom stereocenters. The average molecular weight is 250 g/mol. The minimum absolute atomic E-state index is 0.448. The van der Waals surface area contributed by atoms with Crippen LogP contribution >= 0.6 is 0 Å². The number of nitrogens with one attached hydrogen (secondary N) is 1. The molecule has 2 atom stereocenters. The van der Waals surface area contributed by atoms with Crippen LogP contribution < -0.4 is 10.1 Å². The Morgan fingerprint density at radius 1 is 1.22 bits per heavy atom. The Hall–Kier alpha value is -1.06. The van der Waals surface area contributed by atoms with Gasteiger partial charge in [0, 0.05) is 18.6 Å². The van der Waals surface area contributed by atoms with E-state index < -0.39 is 0 Å². The smallest absolute Gasteiger partial charge is 0.122 e. The number of methoxy groups -OCH3 is 1. The molecule has 0 aliphatic carbocycles. The molecule has 102 valence electrons. The third-order valence-corrected chi connectivity index (χ3v) is 3.36. The Bertz CT molecular complexity index is 352.